The van der Waals surface area contributed by atoms with Gasteiger partial charge in [0.15, 0.2) is 0 Å². The molecule has 0 fully saturated rings. The molecule has 0 saturated heterocycles. The molecule has 0 bridgehead atoms. The minimum Gasteiger partial charge on any atom is -0.309 e. The molecule has 12 rings (SSSR count). The average Bonchev–Trinajstić information content (AvgIpc) is 4.08. The molecule has 6 heteroatoms. The Kier molecular flexibility index (Phi) is 9.15. The lowest BCUT2D eigenvalue weighted by molar-refractivity contribution is 0.605. The maximum atomic E-state index is 5.05. The number of rotatable bonds is 7. The number of aliphatic imine (C=N–C) groups is 2. The van der Waals surface area contributed by atoms with Crippen molar-refractivity contribution >= 4 is 77.2 Å². The molecule has 0 aliphatic carbocycles. The van der Waals surface area contributed by atoms with Gasteiger partial charge in [0.1, 0.15) is 0 Å². The van der Waals surface area contributed by atoms with Crippen LogP contribution >= 0.6 is 23.5 Å². The van der Waals surface area contributed by atoms with Crippen molar-refractivity contribution in [2.24, 2.45) is 9.98 Å². The molecular formula is C58H46N4S2. The summed E-state index contributed by atoms with van der Waals surface area (Å²) in [6.45, 7) is 8.86. The predicted molar refractivity (Wildman–Crippen MR) is 278 cm³/mol. The van der Waals surface area contributed by atoms with Crippen molar-refractivity contribution in [2.45, 2.75) is 38.8 Å². The minimum absolute atomic E-state index is 0.0346. The third-order valence-corrected chi connectivity index (χ3v) is 15.6. The van der Waals surface area contributed by atoms with Gasteiger partial charge in [-0.15, -0.1) is 23.5 Å². The van der Waals surface area contributed by atoms with E-state index in [1.807, 2.05) is 23.5 Å². The lowest BCUT2D eigenvalue weighted by atomic mass is 9.98. The standard InChI is InChI=1S/C58H46N4S2/c1-57(2)35-63-55(59-57)43-15-11-13-37(29-43)39-21-25-51-47(31-39)49-33-41(23-27-53(49)61(51)45-17-7-5-8-18-45)42-24-28-54-50(34-42)48-32-40(22-26-52(48)62(54)46-19-9-6-10-20-46)38-14-12-16-44(30-38)56-60-58(3,4)36-64-56/h5-34H,35-36H2,1-4H3. The zero-order valence-corrected chi connectivity index (χ0v) is 38.0. The Morgan fingerprint density at radius 3 is 0.969 bits per heavy atom. The van der Waals surface area contributed by atoms with Gasteiger partial charge >= 0.3 is 0 Å². The summed E-state index contributed by atoms with van der Waals surface area (Å²) in [5.74, 6) is 2.01. The van der Waals surface area contributed by atoms with Gasteiger partial charge in [0.25, 0.3) is 0 Å². The average molecular weight is 863 g/mol. The normalized spacial score (nSPS) is 15.7. The van der Waals surface area contributed by atoms with Crippen LogP contribution in [0.2, 0.25) is 0 Å². The number of aromatic nitrogens is 2. The Morgan fingerprint density at radius 2 is 0.656 bits per heavy atom. The molecule has 4 heterocycles. The Morgan fingerprint density at radius 1 is 0.344 bits per heavy atom. The highest BCUT2D eigenvalue weighted by Crippen LogP contribution is 2.41. The minimum atomic E-state index is -0.0346. The number of thioether (sulfide) groups is 2. The number of hydrogen-bond acceptors (Lipinski definition) is 4. The maximum absolute atomic E-state index is 5.05. The van der Waals surface area contributed by atoms with Crippen LogP contribution in [0.5, 0.6) is 0 Å². The molecule has 0 unspecified atom stereocenters. The fraction of sp³-hybridized carbons (Fsp3) is 0.138. The highest BCUT2D eigenvalue weighted by Gasteiger charge is 2.27. The quantitative estimate of drug-likeness (QED) is 0.160. The summed E-state index contributed by atoms with van der Waals surface area (Å²) in [5.41, 5.74) is 16.5. The molecule has 8 aromatic carbocycles. The Balaban J connectivity index is 1.02. The summed E-state index contributed by atoms with van der Waals surface area (Å²) in [4.78, 5) is 10.1. The molecule has 0 saturated carbocycles. The number of nitrogens with zero attached hydrogens (tertiary/aromatic N) is 4. The van der Waals surface area contributed by atoms with Gasteiger partial charge in [-0.3, -0.25) is 9.98 Å². The third kappa shape index (κ3) is 6.79. The number of para-hydroxylation sites is 2. The molecule has 64 heavy (non-hydrogen) atoms. The van der Waals surface area contributed by atoms with Gasteiger partial charge < -0.3 is 9.13 Å². The Labute approximate surface area is 382 Å². The van der Waals surface area contributed by atoms with Gasteiger partial charge in [0.2, 0.25) is 0 Å². The van der Waals surface area contributed by atoms with E-state index in [0.29, 0.717) is 0 Å². The first-order valence-electron chi connectivity index (χ1n) is 22.1. The highest BCUT2D eigenvalue weighted by atomic mass is 32.2. The van der Waals surface area contributed by atoms with Crippen LogP contribution in [0.4, 0.5) is 0 Å². The smallest absolute Gasteiger partial charge is 0.0984 e. The van der Waals surface area contributed by atoms with Crippen molar-refractivity contribution in [3.8, 4) is 44.8 Å². The van der Waals surface area contributed by atoms with Gasteiger partial charge in [-0.05, 0) is 146 Å². The summed E-state index contributed by atoms with van der Waals surface area (Å²) < 4.78 is 4.82. The first-order chi connectivity index (χ1) is 31.1. The Hall–Kier alpha value is -6.60. The van der Waals surface area contributed by atoms with Crippen LogP contribution < -0.4 is 0 Å². The van der Waals surface area contributed by atoms with Gasteiger partial charge in [0, 0.05) is 55.6 Å². The molecule has 0 radical (unpaired) electrons. The molecular weight excluding hydrogens is 817 g/mol. The van der Waals surface area contributed by atoms with Crippen LogP contribution in [0.3, 0.4) is 0 Å². The molecule has 4 nitrogen and oxygen atoms in total. The summed E-state index contributed by atoms with van der Waals surface area (Å²) in [5, 5.41) is 7.19. The van der Waals surface area contributed by atoms with E-state index in [0.717, 1.165) is 33.0 Å². The zero-order chi connectivity index (χ0) is 43.2. The molecule has 10 aromatic rings. The van der Waals surface area contributed by atoms with E-state index in [2.05, 4.69) is 219 Å². The number of hydrogen-bond donors (Lipinski definition) is 0. The largest absolute Gasteiger partial charge is 0.309 e. The molecule has 2 aliphatic heterocycles. The summed E-state index contributed by atoms with van der Waals surface area (Å²) in [6, 6.07) is 67.3. The van der Waals surface area contributed by atoms with Crippen molar-refractivity contribution in [3.63, 3.8) is 0 Å². The molecule has 2 aliphatic rings. The maximum Gasteiger partial charge on any atom is 0.0984 e. The van der Waals surface area contributed by atoms with Crippen molar-refractivity contribution in [2.75, 3.05) is 11.5 Å². The summed E-state index contributed by atoms with van der Waals surface area (Å²) in [6.07, 6.45) is 0. The number of fused-ring (bicyclic) bond motifs is 6. The van der Waals surface area contributed by atoms with E-state index in [-0.39, 0.29) is 11.1 Å². The first kappa shape index (κ1) is 39.0. The van der Waals surface area contributed by atoms with Crippen molar-refractivity contribution in [1.29, 1.82) is 0 Å². The second-order valence-corrected chi connectivity index (χ2v) is 20.4. The second kappa shape index (κ2) is 15.0. The van der Waals surface area contributed by atoms with Gasteiger partial charge in [-0.2, -0.15) is 0 Å². The van der Waals surface area contributed by atoms with E-state index in [1.54, 1.807) is 0 Å². The van der Waals surface area contributed by atoms with Crippen LogP contribution in [0.15, 0.2) is 192 Å². The topological polar surface area (TPSA) is 34.6 Å². The van der Waals surface area contributed by atoms with Crippen LogP contribution in [-0.4, -0.2) is 41.8 Å². The Bertz CT molecular complexity index is 3320. The van der Waals surface area contributed by atoms with E-state index in [9.17, 15) is 0 Å². The van der Waals surface area contributed by atoms with E-state index >= 15 is 0 Å². The second-order valence-electron chi connectivity index (χ2n) is 18.5. The van der Waals surface area contributed by atoms with Crippen LogP contribution in [-0.2, 0) is 0 Å². The number of benzene rings is 8. The van der Waals surface area contributed by atoms with Crippen molar-refractivity contribution in [3.05, 3.63) is 193 Å². The third-order valence-electron chi connectivity index (χ3n) is 12.7. The van der Waals surface area contributed by atoms with Crippen LogP contribution in [0.25, 0.3) is 88.4 Å². The summed E-state index contributed by atoms with van der Waals surface area (Å²) in [7, 11) is 0. The van der Waals surface area contributed by atoms with Gasteiger partial charge in [-0.25, -0.2) is 0 Å². The van der Waals surface area contributed by atoms with E-state index in [1.165, 1.54) is 88.1 Å². The molecule has 0 N–H and O–H groups in total. The fourth-order valence-electron chi connectivity index (χ4n) is 9.60. The van der Waals surface area contributed by atoms with Crippen molar-refractivity contribution < 1.29 is 0 Å². The first-order valence-corrected chi connectivity index (χ1v) is 24.1. The van der Waals surface area contributed by atoms with E-state index < -0.39 is 0 Å². The highest BCUT2D eigenvalue weighted by molar-refractivity contribution is 8.15. The van der Waals surface area contributed by atoms with Crippen LogP contribution in [0.1, 0.15) is 38.8 Å². The lowest BCUT2D eigenvalue weighted by Crippen LogP contribution is -2.15. The van der Waals surface area contributed by atoms with Gasteiger partial charge in [0.05, 0.1) is 43.2 Å². The van der Waals surface area contributed by atoms with Crippen LogP contribution in [0, 0.1) is 0 Å². The molecule has 2 aromatic heterocycles. The van der Waals surface area contributed by atoms with Crippen molar-refractivity contribution in [1.82, 2.24) is 9.13 Å². The predicted octanol–water partition coefficient (Wildman–Crippen LogP) is 15.4. The molecule has 0 atom stereocenters. The molecule has 0 amide bonds. The van der Waals surface area contributed by atoms with E-state index in [4.69, 9.17) is 9.98 Å². The zero-order valence-electron chi connectivity index (χ0n) is 36.3. The van der Waals surface area contributed by atoms with Gasteiger partial charge in [-0.1, -0.05) is 97.1 Å². The summed E-state index contributed by atoms with van der Waals surface area (Å²) >= 11 is 3.71. The lowest BCUT2D eigenvalue weighted by Gasteiger charge is -2.10. The monoisotopic (exact) mass is 862 g/mol. The fourth-order valence-corrected chi connectivity index (χ4v) is 11.9. The SMILES string of the molecule is CC1(C)CSC(c2cccc(-c3ccc4c(c3)c3cc(-c5ccc6c(c5)c5cc(-c7cccc(C8=NC(C)(C)CS8)c7)ccc5n6-c5ccccc5)ccc3n4-c3ccccc3)c2)=N1. The molecule has 0 spiro atoms. The molecule has 310 valence electrons.